The fourth-order valence-corrected chi connectivity index (χ4v) is 4.08. The molecule has 2 nitrogen and oxygen atoms in total. The highest BCUT2D eigenvalue weighted by Crippen LogP contribution is 2.47. The number of piperidine rings is 3. The van der Waals surface area contributed by atoms with Crippen molar-refractivity contribution in [2.75, 3.05) is 19.6 Å². The van der Waals surface area contributed by atoms with Crippen LogP contribution < -0.4 is 5.73 Å². The summed E-state index contributed by atoms with van der Waals surface area (Å²) in [6, 6.07) is 0.887. The van der Waals surface area contributed by atoms with Gasteiger partial charge in [0.15, 0.2) is 0 Å². The van der Waals surface area contributed by atoms with Gasteiger partial charge in [-0.1, -0.05) is 0 Å². The number of hydrogen-bond donors (Lipinski definition) is 1. The molecular weight excluding hydrogens is 160 g/mol. The maximum atomic E-state index is 5.85. The Morgan fingerprint density at radius 2 is 1.85 bits per heavy atom. The number of nitrogens with zero attached hydrogens (tertiary/aromatic N) is 1. The van der Waals surface area contributed by atoms with Crippen LogP contribution in [0.4, 0.5) is 0 Å². The molecule has 3 heterocycles. The highest BCUT2D eigenvalue weighted by molar-refractivity contribution is 5.01. The van der Waals surface area contributed by atoms with Crippen LogP contribution in [0.25, 0.3) is 0 Å². The summed E-state index contributed by atoms with van der Waals surface area (Å²) >= 11 is 0. The van der Waals surface area contributed by atoms with Crippen molar-refractivity contribution >= 4 is 0 Å². The lowest BCUT2D eigenvalue weighted by molar-refractivity contribution is -0.00826. The van der Waals surface area contributed by atoms with E-state index in [-0.39, 0.29) is 0 Å². The third kappa shape index (κ3) is 1.08. The van der Waals surface area contributed by atoms with E-state index in [4.69, 9.17) is 5.73 Å². The third-order valence-corrected chi connectivity index (χ3v) is 4.70. The van der Waals surface area contributed by atoms with Crippen molar-refractivity contribution in [2.24, 2.45) is 23.5 Å². The van der Waals surface area contributed by atoms with E-state index in [2.05, 4.69) is 4.90 Å². The first kappa shape index (κ1) is 8.25. The standard InChI is InChI=1S/C11H20N2/c12-7-9-1-2-10-8-3-5-13(6-4-8)11(9)10/h8-11H,1-7,12H2. The highest BCUT2D eigenvalue weighted by Gasteiger charge is 2.48. The summed E-state index contributed by atoms with van der Waals surface area (Å²) in [5.74, 6) is 2.91. The Balaban J connectivity index is 1.85. The second-order valence-electron chi connectivity index (χ2n) is 5.10. The van der Waals surface area contributed by atoms with E-state index in [1.54, 1.807) is 0 Å². The molecule has 0 aromatic heterocycles. The first-order valence-electron chi connectivity index (χ1n) is 5.84. The zero-order valence-electron chi connectivity index (χ0n) is 8.28. The fourth-order valence-electron chi connectivity index (χ4n) is 4.08. The van der Waals surface area contributed by atoms with Gasteiger partial charge < -0.3 is 5.73 Å². The van der Waals surface area contributed by atoms with Gasteiger partial charge in [0.25, 0.3) is 0 Å². The normalized spacial score (nSPS) is 53.8. The van der Waals surface area contributed by atoms with E-state index in [9.17, 15) is 0 Å². The minimum Gasteiger partial charge on any atom is -0.330 e. The molecule has 4 rings (SSSR count). The zero-order valence-corrected chi connectivity index (χ0v) is 8.28. The van der Waals surface area contributed by atoms with E-state index < -0.39 is 0 Å². The van der Waals surface area contributed by atoms with Crippen molar-refractivity contribution in [1.82, 2.24) is 4.90 Å². The van der Waals surface area contributed by atoms with Gasteiger partial charge in [-0.05, 0) is 63.1 Å². The summed E-state index contributed by atoms with van der Waals surface area (Å²) in [4.78, 5) is 2.73. The Morgan fingerprint density at radius 1 is 1.08 bits per heavy atom. The maximum absolute atomic E-state index is 5.85. The molecule has 1 saturated carbocycles. The predicted octanol–water partition coefficient (Wildman–Crippen LogP) is 1.07. The predicted molar refractivity (Wildman–Crippen MR) is 53.4 cm³/mol. The average Bonchev–Trinajstić information content (AvgIpc) is 2.64. The van der Waals surface area contributed by atoms with Crippen molar-refractivity contribution in [3.63, 3.8) is 0 Å². The highest BCUT2D eigenvalue weighted by atomic mass is 15.2. The summed E-state index contributed by atoms with van der Waals surface area (Å²) in [7, 11) is 0. The van der Waals surface area contributed by atoms with Gasteiger partial charge in [0.1, 0.15) is 0 Å². The molecule has 0 aromatic carbocycles. The Hall–Kier alpha value is -0.0800. The van der Waals surface area contributed by atoms with Crippen LogP contribution in [0.1, 0.15) is 25.7 Å². The molecule has 0 spiro atoms. The molecule has 4 fully saturated rings. The van der Waals surface area contributed by atoms with Crippen LogP contribution in [0.15, 0.2) is 0 Å². The molecule has 0 radical (unpaired) electrons. The third-order valence-electron chi connectivity index (χ3n) is 4.70. The lowest BCUT2D eigenvalue weighted by atomic mass is 9.74. The molecule has 3 atom stereocenters. The van der Waals surface area contributed by atoms with E-state index >= 15 is 0 Å². The summed E-state index contributed by atoms with van der Waals surface area (Å²) in [5, 5.41) is 0. The minimum absolute atomic E-state index is 0.827. The van der Waals surface area contributed by atoms with Gasteiger partial charge in [-0.25, -0.2) is 0 Å². The Labute approximate surface area is 80.5 Å². The summed E-state index contributed by atoms with van der Waals surface area (Å²) in [6.45, 7) is 3.65. The van der Waals surface area contributed by atoms with Crippen molar-refractivity contribution < 1.29 is 0 Å². The molecule has 0 amide bonds. The Kier molecular flexibility index (Phi) is 1.88. The summed E-state index contributed by atoms with van der Waals surface area (Å²) in [6.07, 6.45) is 5.81. The summed E-state index contributed by atoms with van der Waals surface area (Å²) < 4.78 is 0. The molecule has 2 N–H and O–H groups in total. The fraction of sp³-hybridized carbons (Fsp3) is 1.00. The largest absolute Gasteiger partial charge is 0.330 e. The van der Waals surface area contributed by atoms with Crippen LogP contribution in [0, 0.1) is 17.8 Å². The van der Waals surface area contributed by atoms with Crippen LogP contribution in [0.5, 0.6) is 0 Å². The summed E-state index contributed by atoms with van der Waals surface area (Å²) in [5.41, 5.74) is 5.85. The van der Waals surface area contributed by atoms with Gasteiger partial charge in [-0.3, -0.25) is 4.90 Å². The van der Waals surface area contributed by atoms with Crippen molar-refractivity contribution in [3.8, 4) is 0 Å². The van der Waals surface area contributed by atoms with Crippen molar-refractivity contribution in [1.29, 1.82) is 0 Å². The molecule has 3 aliphatic heterocycles. The number of rotatable bonds is 1. The van der Waals surface area contributed by atoms with Crippen LogP contribution in [-0.4, -0.2) is 30.6 Å². The van der Waals surface area contributed by atoms with Crippen molar-refractivity contribution in [2.45, 2.75) is 31.7 Å². The molecule has 1 aliphatic carbocycles. The van der Waals surface area contributed by atoms with Gasteiger partial charge >= 0.3 is 0 Å². The minimum atomic E-state index is 0.827. The lowest BCUT2D eigenvalue weighted by Gasteiger charge is -2.50. The van der Waals surface area contributed by atoms with Crippen LogP contribution in [0.2, 0.25) is 0 Å². The van der Waals surface area contributed by atoms with E-state index in [0.717, 1.165) is 30.3 Å². The maximum Gasteiger partial charge on any atom is 0.0166 e. The number of nitrogens with two attached hydrogens (primary N) is 1. The lowest BCUT2D eigenvalue weighted by Crippen LogP contribution is -2.55. The second kappa shape index (κ2) is 2.96. The molecule has 2 heteroatoms. The Bertz CT molecular complexity index is 196. The molecular formula is C11H20N2. The van der Waals surface area contributed by atoms with Gasteiger partial charge in [-0.15, -0.1) is 0 Å². The monoisotopic (exact) mass is 180 g/mol. The van der Waals surface area contributed by atoms with Gasteiger partial charge in [0.2, 0.25) is 0 Å². The molecule has 0 aromatic rings. The average molecular weight is 180 g/mol. The SMILES string of the molecule is NCC1CCC2C3CCN(CC3)C12. The van der Waals surface area contributed by atoms with E-state index in [1.807, 2.05) is 0 Å². The zero-order chi connectivity index (χ0) is 8.84. The smallest absolute Gasteiger partial charge is 0.0166 e. The van der Waals surface area contributed by atoms with E-state index in [1.165, 1.54) is 38.8 Å². The van der Waals surface area contributed by atoms with Gasteiger partial charge in [0, 0.05) is 6.04 Å². The molecule has 74 valence electrons. The second-order valence-corrected chi connectivity index (χ2v) is 5.10. The number of fused-ring (bicyclic) bond motifs is 2. The van der Waals surface area contributed by atoms with Crippen LogP contribution in [-0.2, 0) is 0 Å². The van der Waals surface area contributed by atoms with E-state index in [0.29, 0.717) is 0 Å². The van der Waals surface area contributed by atoms with Gasteiger partial charge in [-0.2, -0.15) is 0 Å². The first-order chi connectivity index (χ1) is 6.40. The molecule has 2 bridgehead atoms. The van der Waals surface area contributed by atoms with Crippen LogP contribution in [0.3, 0.4) is 0 Å². The topological polar surface area (TPSA) is 29.3 Å². The van der Waals surface area contributed by atoms with Crippen molar-refractivity contribution in [3.05, 3.63) is 0 Å². The molecule has 3 saturated heterocycles. The molecule has 4 aliphatic rings. The molecule has 3 unspecified atom stereocenters. The first-order valence-corrected chi connectivity index (χ1v) is 5.84. The number of hydrogen-bond acceptors (Lipinski definition) is 2. The van der Waals surface area contributed by atoms with Crippen LogP contribution >= 0.6 is 0 Å². The Morgan fingerprint density at radius 3 is 2.54 bits per heavy atom. The molecule has 13 heavy (non-hydrogen) atoms. The van der Waals surface area contributed by atoms with Gasteiger partial charge in [0.05, 0.1) is 0 Å². The quantitative estimate of drug-likeness (QED) is 0.654.